The fourth-order valence-electron chi connectivity index (χ4n) is 2.25. The number of thiophene rings is 1. The zero-order chi connectivity index (χ0) is 18.7. The van der Waals surface area contributed by atoms with Crippen molar-refractivity contribution in [3.05, 3.63) is 74.5 Å². The van der Waals surface area contributed by atoms with E-state index in [0.717, 1.165) is 24.3 Å². The lowest BCUT2D eigenvalue weighted by Crippen LogP contribution is -2.09. The molecule has 0 aliphatic heterocycles. The van der Waals surface area contributed by atoms with Gasteiger partial charge in [0.2, 0.25) is 0 Å². The summed E-state index contributed by atoms with van der Waals surface area (Å²) in [5, 5.41) is 0. The van der Waals surface area contributed by atoms with Crippen LogP contribution in [0.3, 0.4) is 0 Å². The van der Waals surface area contributed by atoms with Crippen molar-refractivity contribution in [1.29, 1.82) is 0 Å². The average molecular weight is 514 g/mol. The van der Waals surface area contributed by atoms with Gasteiger partial charge in [-0.2, -0.15) is 8.42 Å². The van der Waals surface area contributed by atoms with Crippen molar-refractivity contribution in [2.45, 2.75) is 11.8 Å². The van der Waals surface area contributed by atoms with Crippen LogP contribution in [0.5, 0.6) is 5.75 Å². The molecule has 0 aliphatic rings. The SMILES string of the molecule is Cc1ccc(S(=O)(=O)Oc2ccc(-c3ccc(C=C(Br)Br)s3)cc2)cc1. The van der Waals surface area contributed by atoms with Crippen LogP contribution in [0, 0.1) is 6.92 Å². The minimum absolute atomic E-state index is 0.141. The van der Waals surface area contributed by atoms with Gasteiger partial charge in [-0.05, 0) is 99.0 Å². The highest BCUT2D eigenvalue weighted by Gasteiger charge is 2.16. The zero-order valence-corrected chi connectivity index (χ0v) is 18.5. The van der Waals surface area contributed by atoms with Crippen LogP contribution in [0.4, 0.5) is 0 Å². The van der Waals surface area contributed by atoms with Crippen LogP contribution in [-0.2, 0) is 10.1 Å². The lowest BCUT2D eigenvalue weighted by molar-refractivity contribution is 0.486. The molecule has 26 heavy (non-hydrogen) atoms. The Kier molecular flexibility index (Phi) is 6.02. The number of halogens is 2. The first kappa shape index (κ1) is 19.4. The van der Waals surface area contributed by atoms with Crippen molar-refractivity contribution < 1.29 is 12.6 Å². The first-order valence-corrected chi connectivity index (χ1v) is 11.4. The van der Waals surface area contributed by atoms with Gasteiger partial charge in [-0.25, -0.2) is 0 Å². The first-order chi connectivity index (χ1) is 12.3. The number of benzene rings is 2. The molecule has 0 fully saturated rings. The minimum Gasteiger partial charge on any atom is -0.379 e. The van der Waals surface area contributed by atoms with E-state index in [9.17, 15) is 8.42 Å². The number of hydrogen-bond acceptors (Lipinski definition) is 4. The molecule has 0 radical (unpaired) electrons. The molecule has 0 aliphatic carbocycles. The van der Waals surface area contributed by atoms with Gasteiger partial charge in [0, 0.05) is 9.75 Å². The topological polar surface area (TPSA) is 43.4 Å². The van der Waals surface area contributed by atoms with Crippen LogP contribution in [0.2, 0.25) is 0 Å². The quantitative estimate of drug-likeness (QED) is 0.362. The van der Waals surface area contributed by atoms with Gasteiger partial charge < -0.3 is 4.18 Å². The molecule has 0 spiro atoms. The van der Waals surface area contributed by atoms with Crippen molar-refractivity contribution in [3.63, 3.8) is 0 Å². The summed E-state index contributed by atoms with van der Waals surface area (Å²) in [5.74, 6) is 0.286. The molecule has 3 nitrogen and oxygen atoms in total. The van der Waals surface area contributed by atoms with Crippen molar-refractivity contribution in [2.24, 2.45) is 0 Å². The largest absolute Gasteiger partial charge is 0.379 e. The predicted molar refractivity (Wildman–Crippen MR) is 115 cm³/mol. The number of aryl methyl sites for hydroxylation is 1. The van der Waals surface area contributed by atoms with E-state index >= 15 is 0 Å². The second-order valence-corrected chi connectivity index (χ2v) is 10.9. The van der Waals surface area contributed by atoms with Gasteiger partial charge in [0.1, 0.15) is 10.6 Å². The molecule has 1 aromatic heterocycles. The summed E-state index contributed by atoms with van der Waals surface area (Å²) in [4.78, 5) is 2.33. The van der Waals surface area contributed by atoms with Crippen LogP contribution in [0.15, 0.2) is 69.0 Å². The van der Waals surface area contributed by atoms with E-state index in [0.29, 0.717) is 0 Å². The molecule has 1 heterocycles. The van der Waals surface area contributed by atoms with Crippen molar-refractivity contribution in [3.8, 4) is 16.2 Å². The number of hydrogen-bond donors (Lipinski definition) is 0. The Balaban J connectivity index is 1.78. The fraction of sp³-hybridized carbons (Fsp3) is 0.0526. The molecular weight excluding hydrogens is 500 g/mol. The summed E-state index contributed by atoms with van der Waals surface area (Å²) in [7, 11) is -3.83. The summed E-state index contributed by atoms with van der Waals surface area (Å²) < 4.78 is 30.8. The molecule has 3 aromatic rings. The van der Waals surface area contributed by atoms with Gasteiger partial charge in [0.25, 0.3) is 0 Å². The van der Waals surface area contributed by atoms with Crippen LogP contribution in [0.25, 0.3) is 16.5 Å². The second-order valence-electron chi connectivity index (χ2n) is 5.51. The molecule has 3 rings (SSSR count). The minimum atomic E-state index is -3.83. The van der Waals surface area contributed by atoms with E-state index in [-0.39, 0.29) is 10.6 Å². The Morgan fingerprint density at radius 1 is 0.962 bits per heavy atom. The highest BCUT2D eigenvalue weighted by atomic mass is 79.9. The van der Waals surface area contributed by atoms with Crippen molar-refractivity contribution in [2.75, 3.05) is 0 Å². The van der Waals surface area contributed by atoms with Gasteiger partial charge >= 0.3 is 10.1 Å². The van der Waals surface area contributed by atoms with Gasteiger partial charge in [-0.3, -0.25) is 0 Å². The van der Waals surface area contributed by atoms with E-state index in [1.807, 2.05) is 37.3 Å². The summed E-state index contributed by atoms with van der Waals surface area (Å²) in [5.41, 5.74) is 1.99. The molecule has 2 aromatic carbocycles. The van der Waals surface area contributed by atoms with Crippen LogP contribution < -0.4 is 4.18 Å². The molecule has 134 valence electrons. The van der Waals surface area contributed by atoms with Gasteiger partial charge in [-0.1, -0.05) is 17.7 Å². The van der Waals surface area contributed by atoms with E-state index < -0.39 is 10.1 Å². The monoisotopic (exact) mass is 512 g/mol. The lowest BCUT2D eigenvalue weighted by Gasteiger charge is -2.08. The Hall–Kier alpha value is -1.41. The third-order valence-electron chi connectivity index (χ3n) is 3.53. The summed E-state index contributed by atoms with van der Waals surface area (Å²) in [6.45, 7) is 1.90. The Labute approximate surface area is 173 Å². The summed E-state index contributed by atoms with van der Waals surface area (Å²) >= 11 is 8.33. The molecule has 0 N–H and O–H groups in total. The van der Waals surface area contributed by atoms with Crippen LogP contribution in [-0.4, -0.2) is 8.42 Å². The fourth-order valence-corrected chi connectivity index (χ4v) is 4.93. The average Bonchev–Trinajstić information content (AvgIpc) is 3.03. The Morgan fingerprint density at radius 3 is 2.23 bits per heavy atom. The molecule has 7 heteroatoms. The van der Waals surface area contributed by atoms with Gasteiger partial charge in [0.15, 0.2) is 0 Å². The molecule has 0 amide bonds. The highest BCUT2D eigenvalue weighted by molar-refractivity contribution is 9.28. The molecule has 0 atom stereocenters. The van der Waals surface area contributed by atoms with Gasteiger partial charge in [-0.15, -0.1) is 11.3 Å². The van der Waals surface area contributed by atoms with E-state index in [1.165, 1.54) is 0 Å². The number of rotatable bonds is 5. The maximum atomic E-state index is 12.3. The molecule has 0 saturated heterocycles. The highest BCUT2D eigenvalue weighted by Crippen LogP contribution is 2.32. The van der Waals surface area contributed by atoms with E-state index in [1.54, 1.807) is 47.7 Å². The normalized spacial score (nSPS) is 11.2. The maximum absolute atomic E-state index is 12.3. The lowest BCUT2D eigenvalue weighted by atomic mass is 10.2. The second kappa shape index (κ2) is 8.08. The standard InChI is InChI=1S/C19H14Br2O3S2/c1-13-2-9-17(10-3-13)26(22,23)24-15-6-4-14(5-7-15)18-11-8-16(25-18)12-19(20)21/h2-12H,1H3. The van der Waals surface area contributed by atoms with Gasteiger partial charge in [0.05, 0.1) is 3.39 Å². The predicted octanol–water partition coefficient (Wildman–Crippen LogP) is 6.58. The molecule has 0 unspecified atom stereocenters. The van der Waals surface area contributed by atoms with Crippen molar-refractivity contribution in [1.82, 2.24) is 0 Å². The third kappa shape index (κ3) is 4.85. The van der Waals surface area contributed by atoms with Crippen LogP contribution >= 0.6 is 43.2 Å². The van der Waals surface area contributed by atoms with Crippen molar-refractivity contribution >= 4 is 59.4 Å². The zero-order valence-electron chi connectivity index (χ0n) is 13.6. The summed E-state index contributed by atoms with van der Waals surface area (Å²) in [6.07, 6.45) is 1.97. The van der Waals surface area contributed by atoms with Crippen LogP contribution in [0.1, 0.15) is 10.4 Å². The maximum Gasteiger partial charge on any atom is 0.339 e. The first-order valence-electron chi connectivity index (χ1n) is 7.58. The van der Waals surface area contributed by atoms with E-state index in [2.05, 4.69) is 31.9 Å². The molecular formula is C19H14Br2O3S2. The molecule has 0 bridgehead atoms. The molecule has 0 saturated carbocycles. The summed E-state index contributed by atoms with van der Waals surface area (Å²) in [6, 6.07) is 17.6. The van der Waals surface area contributed by atoms with E-state index in [4.69, 9.17) is 4.18 Å². The smallest absolute Gasteiger partial charge is 0.339 e. The Bertz CT molecular complexity index is 1030. The Morgan fingerprint density at radius 2 is 1.62 bits per heavy atom. The third-order valence-corrected chi connectivity index (χ3v) is 6.33.